The van der Waals surface area contributed by atoms with Gasteiger partial charge in [0.2, 0.25) is 5.91 Å². The Morgan fingerprint density at radius 2 is 2.06 bits per heavy atom. The van der Waals surface area contributed by atoms with Gasteiger partial charge in [-0.3, -0.25) is 9.59 Å². The molecule has 0 radical (unpaired) electrons. The predicted octanol–water partition coefficient (Wildman–Crippen LogP) is 1.44. The van der Waals surface area contributed by atoms with Crippen LogP contribution in [0.25, 0.3) is 0 Å². The van der Waals surface area contributed by atoms with Gasteiger partial charge in [0.15, 0.2) is 0 Å². The average Bonchev–Trinajstić information content (AvgIpc) is 2.27. The summed E-state index contributed by atoms with van der Waals surface area (Å²) in [6, 6.07) is 6.91. The molecule has 0 aliphatic heterocycles. The Balaban J connectivity index is 2.66. The molecule has 1 rings (SSSR count). The molecule has 0 spiro atoms. The summed E-state index contributed by atoms with van der Waals surface area (Å²) in [5.74, 6) is -0.614. The number of carbonyl (C=O) groups excluding carboxylic acids is 2. The molecule has 0 atom stereocenters. The van der Waals surface area contributed by atoms with Gasteiger partial charge in [-0.25, -0.2) is 0 Å². The summed E-state index contributed by atoms with van der Waals surface area (Å²) >= 11 is 1.25. The lowest BCUT2D eigenvalue weighted by molar-refractivity contribution is -0.139. The van der Waals surface area contributed by atoms with E-state index in [1.54, 1.807) is 31.2 Å². The minimum Gasteiger partial charge on any atom is -0.465 e. The quantitative estimate of drug-likeness (QED) is 0.623. The van der Waals surface area contributed by atoms with E-state index >= 15 is 0 Å². The van der Waals surface area contributed by atoms with Crippen LogP contribution in [-0.2, 0) is 9.53 Å². The first-order valence-electron chi connectivity index (χ1n) is 4.82. The summed E-state index contributed by atoms with van der Waals surface area (Å²) < 4.78 is 4.79. The molecule has 0 aromatic heterocycles. The molecule has 0 bridgehead atoms. The molecule has 0 saturated carbocycles. The van der Waals surface area contributed by atoms with E-state index in [9.17, 15) is 9.59 Å². The number of hydrogen-bond donors (Lipinski definition) is 1. The normalized spacial score (nSPS) is 9.81. The van der Waals surface area contributed by atoms with Gasteiger partial charge in [-0.2, -0.15) is 0 Å². The number of amides is 1. The maximum Gasteiger partial charge on any atom is 0.316 e. The second-order valence-electron chi connectivity index (χ2n) is 2.95. The fourth-order valence-corrected chi connectivity index (χ4v) is 1.99. The number of hydrogen-bond acceptors (Lipinski definition) is 4. The lowest BCUT2D eigenvalue weighted by atomic mass is 10.2. The Hall–Kier alpha value is -1.49. The fourth-order valence-electron chi connectivity index (χ4n) is 1.14. The molecule has 0 aliphatic carbocycles. The predicted molar refractivity (Wildman–Crippen MR) is 62.3 cm³/mol. The van der Waals surface area contributed by atoms with Gasteiger partial charge in [0.05, 0.1) is 17.9 Å². The minimum atomic E-state index is -0.494. The average molecular weight is 239 g/mol. The monoisotopic (exact) mass is 239 g/mol. The molecule has 0 fully saturated rings. The number of primary amides is 1. The smallest absolute Gasteiger partial charge is 0.316 e. The maximum absolute atomic E-state index is 11.1. The molecule has 4 nitrogen and oxygen atoms in total. The SMILES string of the molecule is CCOC(=O)CSc1ccccc1C(N)=O. The van der Waals surface area contributed by atoms with Crippen molar-refractivity contribution in [3.8, 4) is 0 Å². The first-order chi connectivity index (χ1) is 7.65. The highest BCUT2D eigenvalue weighted by Crippen LogP contribution is 2.22. The van der Waals surface area contributed by atoms with Crippen molar-refractivity contribution in [3.63, 3.8) is 0 Å². The van der Waals surface area contributed by atoms with E-state index in [-0.39, 0.29) is 11.7 Å². The first kappa shape index (κ1) is 12.6. The molecule has 1 aromatic rings. The molecule has 2 N–H and O–H groups in total. The van der Waals surface area contributed by atoms with Crippen molar-refractivity contribution in [1.29, 1.82) is 0 Å². The third-order valence-electron chi connectivity index (χ3n) is 1.80. The molecule has 0 aliphatic rings. The van der Waals surface area contributed by atoms with Crippen molar-refractivity contribution >= 4 is 23.6 Å². The lowest BCUT2D eigenvalue weighted by Crippen LogP contribution is -2.13. The third-order valence-corrected chi connectivity index (χ3v) is 2.85. The van der Waals surface area contributed by atoms with Crippen molar-refractivity contribution in [2.24, 2.45) is 5.73 Å². The Labute approximate surface area is 98.2 Å². The molecule has 1 amide bonds. The summed E-state index contributed by atoms with van der Waals surface area (Å²) in [6.45, 7) is 2.11. The number of rotatable bonds is 5. The Morgan fingerprint density at radius 1 is 1.38 bits per heavy atom. The van der Waals surface area contributed by atoms with Crippen LogP contribution in [0.5, 0.6) is 0 Å². The van der Waals surface area contributed by atoms with E-state index < -0.39 is 5.91 Å². The zero-order chi connectivity index (χ0) is 12.0. The van der Waals surface area contributed by atoms with Crippen molar-refractivity contribution in [2.45, 2.75) is 11.8 Å². The standard InChI is InChI=1S/C11H13NO3S/c1-2-15-10(13)7-16-9-6-4-3-5-8(9)11(12)14/h3-6H,2,7H2,1H3,(H2,12,14). The first-order valence-corrected chi connectivity index (χ1v) is 5.81. The van der Waals surface area contributed by atoms with E-state index in [4.69, 9.17) is 10.5 Å². The zero-order valence-corrected chi connectivity index (χ0v) is 9.75. The molecule has 16 heavy (non-hydrogen) atoms. The number of carbonyl (C=O) groups is 2. The zero-order valence-electron chi connectivity index (χ0n) is 8.93. The minimum absolute atomic E-state index is 0.179. The van der Waals surface area contributed by atoms with E-state index in [2.05, 4.69) is 0 Å². The van der Waals surface area contributed by atoms with Gasteiger partial charge in [0.25, 0.3) is 0 Å². The fraction of sp³-hybridized carbons (Fsp3) is 0.273. The van der Waals surface area contributed by atoms with Gasteiger partial charge in [0, 0.05) is 4.90 Å². The summed E-state index contributed by atoms with van der Waals surface area (Å²) in [6.07, 6.45) is 0. The van der Waals surface area contributed by atoms with Crippen molar-refractivity contribution in [2.75, 3.05) is 12.4 Å². The third kappa shape index (κ3) is 3.58. The van der Waals surface area contributed by atoms with Gasteiger partial charge in [0.1, 0.15) is 0 Å². The van der Waals surface area contributed by atoms with Crippen LogP contribution in [0.3, 0.4) is 0 Å². The number of esters is 1. The summed E-state index contributed by atoms with van der Waals surface area (Å²) in [7, 11) is 0. The molecule has 5 heteroatoms. The second kappa shape index (κ2) is 6.17. The molecule has 0 heterocycles. The van der Waals surface area contributed by atoms with Crippen molar-refractivity contribution < 1.29 is 14.3 Å². The number of thioether (sulfide) groups is 1. The number of benzene rings is 1. The van der Waals surface area contributed by atoms with Crippen LogP contribution >= 0.6 is 11.8 Å². The number of nitrogens with two attached hydrogens (primary N) is 1. The molecule has 86 valence electrons. The van der Waals surface area contributed by atoms with Crippen LogP contribution < -0.4 is 5.73 Å². The molecule has 0 saturated heterocycles. The highest BCUT2D eigenvalue weighted by atomic mass is 32.2. The molecule has 0 unspecified atom stereocenters. The molecular weight excluding hydrogens is 226 g/mol. The summed E-state index contributed by atoms with van der Waals surface area (Å²) in [5, 5.41) is 0. The largest absolute Gasteiger partial charge is 0.465 e. The van der Waals surface area contributed by atoms with Crippen LogP contribution in [0.15, 0.2) is 29.2 Å². The lowest BCUT2D eigenvalue weighted by Gasteiger charge is -2.05. The highest BCUT2D eigenvalue weighted by molar-refractivity contribution is 8.00. The highest BCUT2D eigenvalue weighted by Gasteiger charge is 2.09. The van der Waals surface area contributed by atoms with Gasteiger partial charge in [-0.05, 0) is 19.1 Å². The van der Waals surface area contributed by atoms with Crippen molar-refractivity contribution in [3.05, 3.63) is 29.8 Å². The summed E-state index contributed by atoms with van der Waals surface area (Å²) in [5.41, 5.74) is 5.64. The Kier molecular flexibility index (Phi) is 4.85. The van der Waals surface area contributed by atoms with Crippen molar-refractivity contribution in [1.82, 2.24) is 0 Å². The second-order valence-corrected chi connectivity index (χ2v) is 3.97. The van der Waals surface area contributed by atoms with Gasteiger partial charge >= 0.3 is 5.97 Å². The number of ether oxygens (including phenoxy) is 1. The van der Waals surface area contributed by atoms with E-state index in [0.29, 0.717) is 17.1 Å². The van der Waals surface area contributed by atoms with Crippen LogP contribution in [0.4, 0.5) is 0 Å². The van der Waals surface area contributed by atoms with Gasteiger partial charge < -0.3 is 10.5 Å². The van der Waals surface area contributed by atoms with Crippen LogP contribution in [0, 0.1) is 0 Å². The maximum atomic E-state index is 11.1. The molecule has 1 aromatic carbocycles. The Bertz CT molecular complexity index is 393. The van der Waals surface area contributed by atoms with E-state index in [1.807, 2.05) is 0 Å². The van der Waals surface area contributed by atoms with Crippen LogP contribution in [-0.4, -0.2) is 24.2 Å². The Morgan fingerprint density at radius 3 is 2.69 bits per heavy atom. The molecular formula is C11H13NO3S. The van der Waals surface area contributed by atoms with Gasteiger partial charge in [-0.15, -0.1) is 11.8 Å². The van der Waals surface area contributed by atoms with E-state index in [0.717, 1.165) is 0 Å². The summed E-state index contributed by atoms with van der Waals surface area (Å²) in [4.78, 5) is 22.9. The van der Waals surface area contributed by atoms with E-state index in [1.165, 1.54) is 11.8 Å². The topological polar surface area (TPSA) is 69.4 Å². The van der Waals surface area contributed by atoms with Gasteiger partial charge in [-0.1, -0.05) is 12.1 Å². The van der Waals surface area contributed by atoms with Crippen LogP contribution in [0.1, 0.15) is 17.3 Å². The van der Waals surface area contributed by atoms with Crippen LogP contribution in [0.2, 0.25) is 0 Å².